The second kappa shape index (κ2) is 3.61. The molecule has 3 N–H and O–H groups in total. The van der Waals surface area contributed by atoms with Crippen LogP contribution in [-0.4, -0.2) is 20.1 Å². The Morgan fingerprint density at radius 2 is 2.13 bits per heavy atom. The molecule has 0 aliphatic heterocycles. The van der Waals surface area contributed by atoms with Crippen molar-refractivity contribution in [2.24, 2.45) is 0 Å². The van der Waals surface area contributed by atoms with E-state index in [9.17, 15) is 5.11 Å². The summed E-state index contributed by atoms with van der Waals surface area (Å²) in [4.78, 5) is 0. The largest absolute Gasteiger partial charge is 0.507 e. The molecule has 0 bridgehead atoms. The van der Waals surface area contributed by atoms with E-state index in [1.807, 2.05) is 13.0 Å². The summed E-state index contributed by atoms with van der Waals surface area (Å²) in [7, 11) is 0. The number of benzene rings is 1. The van der Waals surface area contributed by atoms with Crippen molar-refractivity contribution in [1.29, 1.82) is 0 Å². The first-order chi connectivity index (χ1) is 7.24. The Morgan fingerprint density at radius 3 is 2.80 bits per heavy atom. The Hall–Kier alpha value is -2.04. The maximum atomic E-state index is 9.70. The normalized spacial score (nSPS) is 10.5. The summed E-state index contributed by atoms with van der Waals surface area (Å²) in [6, 6.07) is 6.99. The molecule has 0 spiro atoms. The number of nitrogen functional groups attached to an aromatic ring is 1. The highest BCUT2D eigenvalue weighted by atomic mass is 16.3. The van der Waals surface area contributed by atoms with Crippen LogP contribution in [0.3, 0.4) is 0 Å². The first-order valence-corrected chi connectivity index (χ1v) is 4.71. The van der Waals surface area contributed by atoms with E-state index in [1.54, 1.807) is 22.9 Å². The van der Waals surface area contributed by atoms with Gasteiger partial charge in [0.05, 0.1) is 0 Å². The second-order valence-electron chi connectivity index (χ2n) is 3.16. The summed E-state index contributed by atoms with van der Waals surface area (Å²) >= 11 is 0. The van der Waals surface area contributed by atoms with Crippen LogP contribution in [0.25, 0.3) is 11.3 Å². The number of hydrogen-bond acceptors (Lipinski definition) is 4. The van der Waals surface area contributed by atoms with Crippen molar-refractivity contribution in [3.63, 3.8) is 0 Å². The lowest BCUT2D eigenvalue weighted by Crippen LogP contribution is -2.00. The van der Waals surface area contributed by atoms with Gasteiger partial charge in [-0.05, 0) is 19.1 Å². The molecule has 1 aromatic carbocycles. The maximum absolute atomic E-state index is 9.70. The van der Waals surface area contributed by atoms with Crippen molar-refractivity contribution in [2.75, 3.05) is 5.73 Å². The van der Waals surface area contributed by atoms with Crippen molar-refractivity contribution >= 4 is 5.82 Å². The molecule has 5 heteroatoms. The predicted octanol–water partition coefficient (Wildman–Crippen LogP) is 1.25. The number of aromatic nitrogens is 3. The lowest BCUT2D eigenvalue weighted by molar-refractivity contribution is 0.476. The zero-order chi connectivity index (χ0) is 10.8. The quantitative estimate of drug-likeness (QED) is 0.771. The molecule has 5 nitrogen and oxygen atoms in total. The van der Waals surface area contributed by atoms with E-state index in [1.165, 1.54) is 0 Å². The van der Waals surface area contributed by atoms with E-state index in [0.717, 1.165) is 0 Å². The van der Waals surface area contributed by atoms with Crippen LogP contribution in [0.4, 0.5) is 5.82 Å². The van der Waals surface area contributed by atoms with Crippen molar-refractivity contribution in [2.45, 2.75) is 13.5 Å². The summed E-state index contributed by atoms with van der Waals surface area (Å²) in [5, 5.41) is 17.4. The van der Waals surface area contributed by atoms with Crippen LogP contribution in [0.1, 0.15) is 6.92 Å². The Labute approximate surface area is 87.1 Å². The molecule has 1 aromatic heterocycles. The van der Waals surface area contributed by atoms with E-state index in [0.29, 0.717) is 23.6 Å². The molecule has 0 saturated heterocycles. The third kappa shape index (κ3) is 1.52. The molecule has 0 saturated carbocycles. The highest BCUT2D eigenvalue weighted by Crippen LogP contribution is 2.31. The van der Waals surface area contributed by atoms with Crippen molar-refractivity contribution in [3.8, 4) is 17.0 Å². The van der Waals surface area contributed by atoms with Gasteiger partial charge in [-0.25, -0.2) is 4.68 Å². The number of phenols is 1. The molecule has 78 valence electrons. The van der Waals surface area contributed by atoms with Gasteiger partial charge in [0.15, 0.2) is 5.82 Å². The Kier molecular flexibility index (Phi) is 2.29. The minimum absolute atomic E-state index is 0.182. The van der Waals surface area contributed by atoms with Gasteiger partial charge < -0.3 is 10.8 Å². The summed E-state index contributed by atoms with van der Waals surface area (Å²) < 4.78 is 1.66. The zero-order valence-electron chi connectivity index (χ0n) is 8.38. The number of para-hydroxylation sites is 1. The van der Waals surface area contributed by atoms with Gasteiger partial charge in [-0.2, -0.15) is 0 Å². The fourth-order valence-electron chi connectivity index (χ4n) is 1.50. The van der Waals surface area contributed by atoms with E-state index >= 15 is 0 Å². The number of rotatable bonds is 2. The number of nitrogens with zero attached hydrogens (tertiary/aromatic N) is 3. The van der Waals surface area contributed by atoms with Crippen LogP contribution >= 0.6 is 0 Å². The fraction of sp³-hybridized carbons (Fsp3) is 0.200. The average molecular weight is 204 g/mol. The third-order valence-corrected chi connectivity index (χ3v) is 2.22. The minimum atomic E-state index is 0.182. The first kappa shape index (κ1) is 9.51. The molecule has 0 amide bonds. The maximum Gasteiger partial charge on any atom is 0.174 e. The summed E-state index contributed by atoms with van der Waals surface area (Å²) in [6.45, 7) is 2.60. The van der Waals surface area contributed by atoms with Gasteiger partial charge >= 0.3 is 0 Å². The molecule has 1 heterocycles. The molecular weight excluding hydrogens is 192 g/mol. The molecule has 2 rings (SSSR count). The van der Waals surface area contributed by atoms with Crippen molar-refractivity contribution < 1.29 is 5.11 Å². The van der Waals surface area contributed by atoms with Crippen LogP contribution in [0.2, 0.25) is 0 Å². The van der Waals surface area contributed by atoms with Gasteiger partial charge in [0.25, 0.3) is 0 Å². The number of hydrogen-bond donors (Lipinski definition) is 2. The monoisotopic (exact) mass is 204 g/mol. The van der Waals surface area contributed by atoms with E-state index < -0.39 is 0 Å². The van der Waals surface area contributed by atoms with Crippen LogP contribution in [0.15, 0.2) is 24.3 Å². The van der Waals surface area contributed by atoms with Gasteiger partial charge in [0.2, 0.25) is 0 Å². The Bertz CT molecular complexity index is 478. The van der Waals surface area contributed by atoms with Crippen molar-refractivity contribution in [1.82, 2.24) is 15.0 Å². The zero-order valence-corrected chi connectivity index (χ0v) is 8.38. The third-order valence-electron chi connectivity index (χ3n) is 2.22. The highest BCUT2D eigenvalue weighted by molar-refractivity contribution is 5.74. The number of nitrogens with two attached hydrogens (primary N) is 1. The Morgan fingerprint density at radius 1 is 1.40 bits per heavy atom. The molecule has 0 unspecified atom stereocenters. The van der Waals surface area contributed by atoms with Crippen molar-refractivity contribution in [3.05, 3.63) is 24.3 Å². The van der Waals surface area contributed by atoms with Crippen LogP contribution in [0, 0.1) is 0 Å². The number of aryl methyl sites for hydroxylation is 1. The number of anilines is 1. The summed E-state index contributed by atoms with van der Waals surface area (Å²) in [5.41, 5.74) is 7.03. The fourth-order valence-corrected chi connectivity index (χ4v) is 1.50. The SMILES string of the molecule is CCn1nnc(N)c1-c1ccccc1O. The smallest absolute Gasteiger partial charge is 0.174 e. The molecule has 15 heavy (non-hydrogen) atoms. The minimum Gasteiger partial charge on any atom is -0.507 e. The molecule has 0 aliphatic rings. The van der Waals surface area contributed by atoms with Crippen LogP contribution < -0.4 is 5.73 Å². The van der Waals surface area contributed by atoms with E-state index in [-0.39, 0.29) is 5.75 Å². The standard InChI is InChI=1S/C10H12N4O/c1-2-14-9(10(11)12-13-14)7-5-3-4-6-8(7)15/h3-6,15H,2,11H2,1H3. The molecular formula is C10H12N4O. The Balaban J connectivity index is 2.63. The lowest BCUT2D eigenvalue weighted by atomic mass is 10.1. The molecule has 0 atom stereocenters. The van der Waals surface area contributed by atoms with E-state index in [2.05, 4.69) is 10.3 Å². The number of phenolic OH excluding ortho intramolecular Hbond substituents is 1. The topological polar surface area (TPSA) is 77.0 Å². The molecule has 0 radical (unpaired) electrons. The predicted molar refractivity (Wildman–Crippen MR) is 57.2 cm³/mol. The van der Waals surface area contributed by atoms with Gasteiger partial charge in [-0.15, -0.1) is 5.10 Å². The highest BCUT2D eigenvalue weighted by Gasteiger charge is 2.14. The molecule has 2 aromatic rings. The van der Waals surface area contributed by atoms with Crippen LogP contribution in [0.5, 0.6) is 5.75 Å². The lowest BCUT2D eigenvalue weighted by Gasteiger charge is -2.05. The second-order valence-corrected chi connectivity index (χ2v) is 3.16. The summed E-state index contributed by atoms with van der Waals surface area (Å²) in [5.74, 6) is 0.513. The molecule has 0 aliphatic carbocycles. The summed E-state index contributed by atoms with van der Waals surface area (Å²) in [6.07, 6.45) is 0. The van der Waals surface area contributed by atoms with Gasteiger partial charge in [0.1, 0.15) is 11.4 Å². The molecule has 0 fully saturated rings. The van der Waals surface area contributed by atoms with E-state index in [4.69, 9.17) is 5.73 Å². The van der Waals surface area contributed by atoms with Gasteiger partial charge in [-0.1, -0.05) is 17.3 Å². The van der Waals surface area contributed by atoms with Gasteiger partial charge in [0, 0.05) is 12.1 Å². The number of aromatic hydroxyl groups is 1. The van der Waals surface area contributed by atoms with Gasteiger partial charge in [-0.3, -0.25) is 0 Å². The first-order valence-electron chi connectivity index (χ1n) is 4.71. The van der Waals surface area contributed by atoms with Crippen LogP contribution in [-0.2, 0) is 6.54 Å². The average Bonchev–Trinajstić information content (AvgIpc) is 2.60.